The average Bonchev–Trinajstić information content (AvgIpc) is 2.15. The van der Waals surface area contributed by atoms with E-state index in [4.69, 9.17) is 15.2 Å². The molecule has 1 heterocycles. The van der Waals surface area contributed by atoms with Crippen LogP contribution in [-0.4, -0.2) is 44.9 Å². The second kappa shape index (κ2) is 5.08. The van der Waals surface area contributed by atoms with E-state index in [1.807, 2.05) is 0 Å². The molecule has 1 atom stereocenters. The van der Waals surface area contributed by atoms with Gasteiger partial charge < -0.3 is 20.5 Å². The molecule has 1 aliphatic rings. The summed E-state index contributed by atoms with van der Waals surface area (Å²) in [4.78, 5) is 11.2. The van der Waals surface area contributed by atoms with Crippen molar-refractivity contribution in [1.82, 2.24) is 5.32 Å². The number of amides is 1. The fourth-order valence-electron chi connectivity index (χ4n) is 0.948. The van der Waals surface area contributed by atoms with Gasteiger partial charge >= 0.3 is 0 Å². The van der Waals surface area contributed by atoms with Crippen molar-refractivity contribution in [2.24, 2.45) is 5.73 Å². The van der Waals surface area contributed by atoms with Crippen molar-refractivity contribution >= 4 is 5.91 Å². The summed E-state index contributed by atoms with van der Waals surface area (Å²) in [6.07, 6.45) is -0.453. The summed E-state index contributed by atoms with van der Waals surface area (Å²) in [7, 11) is 0. The molecular formula is C7H14N2O3. The van der Waals surface area contributed by atoms with Gasteiger partial charge in [-0.2, -0.15) is 0 Å². The molecule has 0 aromatic rings. The number of hydrogen-bond donors (Lipinski definition) is 2. The third-order valence-electron chi connectivity index (χ3n) is 1.55. The van der Waals surface area contributed by atoms with Crippen molar-refractivity contribution in [2.45, 2.75) is 6.10 Å². The van der Waals surface area contributed by atoms with Crippen LogP contribution < -0.4 is 11.1 Å². The van der Waals surface area contributed by atoms with E-state index in [0.29, 0.717) is 32.9 Å². The van der Waals surface area contributed by atoms with Crippen molar-refractivity contribution in [3.63, 3.8) is 0 Å². The van der Waals surface area contributed by atoms with Crippen LogP contribution in [0.4, 0.5) is 0 Å². The van der Waals surface area contributed by atoms with Crippen LogP contribution in [0, 0.1) is 0 Å². The molecule has 0 bridgehead atoms. The zero-order chi connectivity index (χ0) is 8.81. The van der Waals surface area contributed by atoms with Gasteiger partial charge in [-0.3, -0.25) is 4.79 Å². The van der Waals surface area contributed by atoms with E-state index in [-0.39, 0.29) is 5.91 Å². The Bertz CT molecular complexity index is 146. The maximum Gasteiger partial charge on any atom is 0.251 e. The number of ether oxygens (including phenoxy) is 2. The third kappa shape index (κ3) is 2.77. The Hall–Kier alpha value is -0.650. The van der Waals surface area contributed by atoms with Gasteiger partial charge in [0, 0.05) is 13.1 Å². The molecule has 0 spiro atoms. The number of carbonyl (C=O) groups excluding carboxylic acids is 1. The first-order chi connectivity index (χ1) is 5.84. The highest BCUT2D eigenvalue weighted by molar-refractivity contribution is 5.80. The SMILES string of the molecule is NCCNC(=O)C1COCCO1. The van der Waals surface area contributed by atoms with Gasteiger partial charge in [0.15, 0.2) is 6.10 Å². The van der Waals surface area contributed by atoms with Crippen molar-refractivity contribution in [3.05, 3.63) is 0 Å². The van der Waals surface area contributed by atoms with Crippen LogP contribution in [0.5, 0.6) is 0 Å². The molecule has 5 heteroatoms. The van der Waals surface area contributed by atoms with E-state index in [2.05, 4.69) is 5.32 Å². The molecule has 5 nitrogen and oxygen atoms in total. The van der Waals surface area contributed by atoms with Crippen molar-refractivity contribution < 1.29 is 14.3 Å². The molecule has 1 rings (SSSR count). The summed E-state index contributed by atoms with van der Waals surface area (Å²) >= 11 is 0. The number of hydrogen-bond acceptors (Lipinski definition) is 4. The Morgan fingerprint density at radius 1 is 1.58 bits per heavy atom. The van der Waals surface area contributed by atoms with E-state index >= 15 is 0 Å². The van der Waals surface area contributed by atoms with Crippen LogP contribution in [0.1, 0.15) is 0 Å². The van der Waals surface area contributed by atoms with Gasteiger partial charge in [-0.05, 0) is 0 Å². The normalized spacial score (nSPS) is 23.6. The molecular weight excluding hydrogens is 160 g/mol. The van der Waals surface area contributed by atoms with Gasteiger partial charge in [-0.25, -0.2) is 0 Å². The Labute approximate surface area is 71.2 Å². The van der Waals surface area contributed by atoms with Crippen molar-refractivity contribution in [1.29, 1.82) is 0 Å². The molecule has 3 N–H and O–H groups in total. The Morgan fingerprint density at radius 3 is 3.00 bits per heavy atom. The van der Waals surface area contributed by atoms with E-state index < -0.39 is 6.10 Å². The topological polar surface area (TPSA) is 73.6 Å². The maximum absolute atomic E-state index is 11.2. The van der Waals surface area contributed by atoms with Crippen LogP contribution >= 0.6 is 0 Å². The second-order valence-electron chi connectivity index (χ2n) is 2.51. The average molecular weight is 174 g/mol. The Kier molecular flexibility index (Phi) is 3.99. The van der Waals surface area contributed by atoms with Gasteiger partial charge in [-0.1, -0.05) is 0 Å². The van der Waals surface area contributed by atoms with Crippen molar-refractivity contribution in [3.8, 4) is 0 Å². The fourth-order valence-corrected chi connectivity index (χ4v) is 0.948. The highest BCUT2D eigenvalue weighted by Gasteiger charge is 2.21. The summed E-state index contributed by atoms with van der Waals surface area (Å²) in [6.45, 7) is 2.33. The molecule has 1 unspecified atom stereocenters. The highest BCUT2D eigenvalue weighted by Crippen LogP contribution is 1.99. The molecule has 0 saturated carbocycles. The van der Waals surface area contributed by atoms with Gasteiger partial charge in [0.1, 0.15) is 0 Å². The van der Waals surface area contributed by atoms with Gasteiger partial charge in [0.05, 0.1) is 19.8 Å². The summed E-state index contributed by atoms with van der Waals surface area (Å²) in [6, 6.07) is 0. The quantitative estimate of drug-likeness (QED) is 0.545. The first-order valence-electron chi connectivity index (χ1n) is 4.01. The number of nitrogens with one attached hydrogen (secondary N) is 1. The number of carbonyl (C=O) groups is 1. The zero-order valence-corrected chi connectivity index (χ0v) is 6.91. The van der Waals surface area contributed by atoms with Crippen LogP contribution in [0.25, 0.3) is 0 Å². The van der Waals surface area contributed by atoms with E-state index in [9.17, 15) is 4.79 Å². The molecule has 0 radical (unpaired) electrons. The number of rotatable bonds is 3. The smallest absolute Gasteiger partial charge is 0.251 e. The first kappa shape index (κ1) is 9.44. The lowest BCUT2D eigenvalue weighted by Gasteiger charge is -2.21. The predicted octanol–water partition coefficient (Wildman–Crippen LogP) is -1.52. The molecule has 1 fully saturated rings. The molecule has 0 aromatic heterocycles. The van der Waals surface area contributed by atoms with Crippen LogP contribution in [0.2, 0.25) is 0 Å². The van der Waals surface area contributed by atoms with Crippen molar-refractivity contribution in [2.75, 3.05) is 32.9 Å². The standard InChI is InChI=1S/C7H14N2O3/c8-1-2-9-7(10)6-5-11-3-4-12-6/h6H,1-5,8H2,(H,9,10). The van der Waals surface area contributed by atoms with Gasteiger partial charge in [0.2, 0.25) is 0 Å². The maximum atomic E-state index is 11.2. The first-order valence-corrected chi connectivity index (χ1v) is 4.01. The Morgan fingerprint density at radius 2 is 2.42 bits per heavy atom. The minimum atomic E-state index is -0.453. The number of nitrogens with two attached hydrogens (primary N) is 1. The lowest BCUT2D eigenvalue weighted by atomic mass is 10.3. The summed E-state index contributed by atoms with van der Waals surface area (Å²) < 4.78 is 10.2. The predicted molar refractivity (Wildman–Crippen MR) is 42.6 cm³/mol. The molecule has 0 aromatic carbocycles. The minimum Gasteiger partial charge on any atom is -0.376 e. The Balaban J connectivity index is 2.20. The molecule has 0 aliphatic carbocycles. The summed E-state index contributed by atoms with van der Waals surface area (Å²) in [5, 5.41) is 2.63. The highest BCUT2D eigenvalue weighted by atomic mass is 16.6. The molecule has 70 valence electrons. The molecule has 1 amide bonds. The van der Waals surface area contributed by atoms with E-state index in [1.54, 1.807) is 0 Å². The van der Waals surface area contributed by atoms with E-state index in [1.165, 1.54) is 0 Å². The summed E-state index contributed by atoms with van der Waals surface area (Å²) in [5.41, 5.74) is 5.22. The van der Waals surface area contributed by atoms with E-state index in [0.717, 1.165) is 0 Å². The monoisotopic (exact) mass is 174 g/mol. The summed E-state index contributed by atoms with van der Waals surface area (Å²) in [5.74, 6) is -0.139. The molecule has 12 heavy (non-hydrogen) atoms. The lowest BCUT2D eigenvalue weighted by Crippen LogP contribution is -2.44. The third-order valence-corrected chi connectivity index (χ3v) is 1.55. The van der Waals surface area contributed by atoms with Crippen LogP contribution in [-0.2, 0) is 14.3 Å². The minimum absolute atomic E-state index is 0.139. The van der Waals surface area contributed by atoms with Crippen LogP contribution in [0.3, 0.4) is 0 Å². The fraction of sp³-hybridized carbons (Fsp3) is 0.857. The van der Waals surface area contributed by atoms with Gasteiger partial charge in [0.25, 0.3) is 5.91 Å². The molecule has 1 saturated heterocycles. The lowest BCUT2D eigenvalue weighted by molar-refractivity contribution is -0.147. The van der Waals surface area contributed by atoms with Crippen LogP contribution in [0.15, 0.2) is 0 Å². The zero-order valence-electron chi connectivity index (χ0n) is 6.91. The molecule has 1 aliphatic heterocycles. The largest absolute Gasteiger partial charge is 0.376 e. The second-order valence-corrected chi connectivity index (χ2v) is 2.51. The van der Waals surface area contributed by atoms with Gasteiger partial charge in [-0.15, -0.1) is 0 Å².